The minimum atomic E-state index is -4.96. The molecule has 4 N–H and O–H groups in total. The maximum atomic E-state index is 13.1. The molecule has 0 amide bonds. The Bertz CT molecular complexity index is 3030. The first-order chi connectivity index (χ1) is 59.2. The molecule has 0 rings (SSSR count). The van der Waals surface area contributed by atoms with E-state index in [1.807, 2.05) is 0 Å². The zero-order chi connectivity index (χ0) is 87.9. The first-order valence-electron chi connectivity index (χ1n) is 47.4. The first kappa shape index (κ1) is 115. The van der Waals surface area contributed by atoms with Crippen molar-refractivity contribution in [2.45, 2.75) is 386 Å². The number of hydrogen-bond acceptors (Lipinski definition) is 14. The lowest BCUT2D eigenvalue weighted by atomic mass is 10.0. The van der Waals surface area contributed by atoms with Gasteiger partial charge in [-0.25, -0.2) is 9.13 Å². The number of carbonyl (C=O) groups excluding carboxylic acids is 3. The number of hydrogen-bond donors (Lipinski definition) is 4. The molecule has 0 saturated carbocycles. The van der Waals surface area contributed by atoms with Crippen LogP contribution in [0.25, 0.3) is 0 Å². The van der Waals surface area contributed by atoms with Crippen LogP contribution in [0.4, 0.5) is 0 Å². The number of unbranched alkanes of at least 4 members (excludes halogenated alkanes) is 31. The molecule has 5 atom stereocenters. The molecule has 18 heteroatoms. The van der Waals surface area contributed by atoms with E-state index in [2.05, 4.69) is 227 Å². The first-order valence-corrected chi connectivity index (χ1v) is 50.4. The molecule has 0 aromatic carbocycles. The highest BCUT2D eigenvalue weighted by Gasteiger charge is 2.29. The van der Waals surface area contributed by atoms with Crippen LogP contribution in [-0.2, 0) is 55.8 Å². The van der Waals surface area contributed by atoms with Crippen molar-refractivity contribution in [3.63, 3.8) is 0 Å². The summed E-state index contributed by atoms with van der Waals surface area (Å²) in [6, 6.07) is 0. The number of carbonyl (C=O) groups is 3. The second-order valence-corrected chi connectivity index (χ2v) is 33.9. The van der Waals surface area contributed by atoms with E-state index in [4.69, 9.17) is 32.3 Å². The van der Waals surface area contributed by atoms with Gasteiger partial charge in [0, 0.05) is 19.3 Å². The lowest BCUT2D eigenvalue weighted by molar-refractivity contribution is -0.161. The van der Waals surface area contributed by atoms with Gasteiger partial charge in [-0.2, -0.15) is 0 Å². The fourth-order valence-electron chi connectivity index (χ4n) is 12.4. The van der Waals surface area contributed by atoms with E-state index < -0.39 is 91.5 Å². The van der Waals surface area contributed by atoms with Crippen LogP contribution in [0, 0.1) is 0 Å². The third kappa shape index (κ3) is 94.6. The summed E-state index contributed by atoms with van der Waals surface area (Å²) in [5.41, 5.74) is 0. The van der Waals surface area contributed by atoms with Gasteiger partial charge in [-0.3, -0.25) is 32.5 Å². The van der Waals surface area contributed by atoms with Crippen LogP contribution in [0.15, 0.2) is 207 Å². The Morgan fingerprint density at radius 1 is 0.231 bits per heavy atom. The van der Waals surface area contributed by atoms with Gasteiger partial charge in [-0.15, -0.1) is 0 Å². The summed E-state index contributed by atoms with van der Waals surface area (Å²) >= 11 is 0. The molecule has 0 bridgehead atoms. The van der Waals surface area contributed by atoms with Crippen molar-refractivity contribution >= 4 is 33.6 Å². The summed E-state index contributed by atoms with van der Waals surface area (Å²) in [5, 5.41) is 20.8. The van der Waals surface area contributed by atoms with Crippen molar-refractivity contribution < 1.29 is 75.8 Å². The molecule has 121 heavy (non-hydrogen) atoms. The quantitative estimate of drug-likeness (QED) is 0.0146. The van der Waals surface area contributed by atoms with Gasteiger partial charge >= 0.3 is 33.6 Å². The van der Waals surface area contributed by atoms with E-state index in [0.717, 1.165) is 193 Å². The number of aliphatic hydroxyl groups is 2. The van der Waals surface area contributed by atoms with Crippen LogP contribution < -0.4 is 0 Å². The summed E-state index contributed by atoms with van der Waals surface area (Å²) < 4.78 is 61.5. The minimum absolute atomic E-state index is 0.0682. The van der Waals surface area contributed by atoms with Gasteiger partial charge < -0.3 is 34.2 Å². The highest BCUT2D eigenvalue weighted by molar-refractivity contribution is 7.47. The molecule has 0 radical (unpaired) electrons. The maximum Gasteiger partial charge on any atom is 0.472 e. The molecule has 0 aliphatic heterocycles. The highest BCUT2D eigenvalue weighted by Crippen LogP contribution is 2.45. The molecule has 0 heterocycles. The number of phosphoric acid groups is 2. The largest absolute Gasteiger partial charge is 0.472 e. The second-order valence-electron chi connectivity index (χ2n) is 31.0. The van der Waals surface area contributed by atoms with Crippen molar-refractivity contribution in [2.75, 3.05) is 39.6 Å². The normalized spacial score (nSPS) is 14.7. The molecular weight excluding hydrogens is 1560 g/mol. The molecule has 0 aliphatic rings. The van der Waals surface area contributed by atoms with Gasteiger partial charge in [0.15, 0.2) is 6.10 Å². The molecule has 0 fully saturated rings. The SMILES string of the molecule is CC/C=C\C/C=C\C/C=C\C/C=C\C/C=C\C/C=C\CCCCCCCCCCCCCCCCC(=O)OCC(O)COP(=O)(O)OCC(O)COP(=O)(O)OCC(COC(=O)CCCCCCCCCCCCCCC/C=C\C/C=C\C/C=C\C/C=C\C/C=C\CC)OC(=O)CCCCCC/C=C\C/C=C\C/C=C\C/C=C\C/C=C\C/C=C\CC. The van der Waals surface area contributed by atoms with Crippen LogP contribution >= 0.6 is 15.6 Å². The Morgan fingerprint density at radius 3 is 0.653 bits per heavy atom. The van der Waals surface area contributed by atoms with Gasteiger partial charge in [-0.05, 0) is 167 Å². The summed E-state index contributed by atoms with van der Waals surface area (Å²) in [7, 11) is -9.83. The number of allylic oxidation sites excluding steroid dienone is 34. The molecule has 0 saturated heterocycles. The third-order valence-corrected chi connectivity index (χ3v) is 21.4. The fraction of sp³-hybridized carbons (Fsp3) is 0.641. The zero-order valence-corrected chi connectivity index (χ0v) is 77.7. The molecule has 688 valence electrons. The van der Waals surface area contributed by atoms with Crippen LogP contribution in [0.1, 0.15) is 367 Å². The highest BCUT2D eigenvalue weighted by atomic mass is 31.2. The minimum Gasteiger partial charge on any atom is -0.463 e. The predicted molar refractivity (Wildman–Crippen MR) is 509 cm³/mol. The number of rotatable bonds is 88. The Balaban J connectivity index is 4.63. The fourth-order valence-corrected chi connectivity index (χ4v) is 14.0. The van der Waals surface area contributed by atoms with E-state index in [1.54, 1.807) is 0 Å². The average Bonchev–Trinajstić information content (AvgIpc) is 0.887. The van der Waals surface area contributed by atoms with Crippen LogP contribution in [-0.4, -0.2) is 95.9 Å². The smallest absolute Gasteiger partial charge is 0.463 e. The van der Waals surface area contributed by atoms with E-state index in [9.17, 15) is 43.5 Å². The standard InChI is InChI=1S/C103H170O16P2/c1-4-7-10-13-16-19-22-25-28-31-34-37-40-42-44-46-47-48-49-51-53-54-57-59-62-65-68-71-74-77-80-83-86-89-101(106)113-92-98(104)93-115-120(109,110)116-94-99(105)95-117-121(111,112)118-97-100(119-103(108)91-88-85-82-79-76-73-70-67-64-61-56-39-36-33-30-27-24-21-18-15-12-9-6-3)96-114-102(107)90-87-84-81-78-75-72-69-66-63-60-58-55-52-50-45-43-41-38-35-32-29-26-23-20-17-14-11-8-5-2/h7-12,16-21,25-30,34-39,42-45,47-48,61,64,70,73,98-100,104-105H,4-6,13-15,22-24,31-33,40-41,46,49-60,62-63,65-69,71-72,74-97H2,1-3H3,(H,109,110)(H,111,112)/b10-7-,11-8-,12-9-,19-16-,20-17-,21-18-,28-25-,29-26-,30-27-,37-34-,38-35-,39-36-,44-42-,45-43-,48-47-,64-61-,73-70-. The topological polar surface area (TPSA) is 231 Å². The summed E-state index contributed by atoms with van der Waals surface area (Å²) in [6.45, 7) is 2.34. The molecular formula is C103H170O16P2. The molecule has 5 unspecified atom stereocenters. The van der Waals surface area contributed by atoms with Crippen molar-refractivity contribution in [2.24, 2.45) is 0 Å². The number of phosphoric ester groups is 2. The Morgan fingerprint density at radius 2 is 0.413 bits per heavy atom. The van der Waals surface area contributed by atoms with E-state index >= 15 is 0 Å². The molecule has 0 aromatic heterocycles. The summed E-state index contributed by atoms with van der Waals surface area (Å²) in [6.07, 6.45) is 126. The summed E-state index contributed by atoms with van der Waals surface area (Å²) in [4.78, 5) is 59.1. The molecule has 0 aromatic rings. The van der Waals surface area contributed by atoms with Gasteiger partial charge in [0.05, 0.1) is 26.4 Å². The van der Waals surface area contributed by atoms with Crippen molar-refractivity contribution in [3.8, 4) is 0 Å². The van der Waals surface area contributed by atoms with Gasteiger partial charge in [0.25, 0.3) is 0 Å². The van der Waals surface area contributed by atoms with E-state index in [-0.39, 0.29) is 19.3 Å². The maximum absolute atomic E-state index is 13.1. The molecule has 16 nitrogen and oxygen atoms in total. The van der Waals surface area contributed by atoms with Gasteiger partial charge in [0.2, 0.25) is 0 Å². The van der Waals surface area contributed by atoms with E-state index in [0.29, 0.717) is 19.3 Å². The average molecular weight is 1730 g/mol. The van der Waals surface area contributed by atoms with Crippen molar-refractivity contribution in [1.82, 2.24) is 0 Å². The number of aliphatic hydroxyl groups excluding tert-OH is 2. The monoisotopic (exact) mass is 1730 g/mol. The third-order valence-electron chi connectivity index (χ3n) is 19.5. The number of ether oxygens (including phenoxy) is 3. The second kappa shape index (κ2) is 93.3. The Labute approximate surface area is 737 Å². The van der Waals surface area contributed by atoms with Crippen LogP contribution in [0.2, 0.25) is 0 Å². The lowest BCUT2D eigenvalue weighted by Gasteiger charge is -2.21. The van der Waals surface area contributed by atoms with Crippen molar-refractivity contribution in [1.29, 1.82) is 0 Å². The van der Waals surface area contributed by atoms with Crippen LogP contribution in [0.5, 0.6) is 0 Å². The van der Waals surface area contributed by atoms with Gasteiger partial charge in [0.1, 0.15) is 25.4 Å². The Kier molecular flexibility index (Phi) is 88.8. The van der Waals surface area contributed by atoms with Crippen LogP contribution in [0.3, 0.4) is 0 Å². The van der Waals surface area contributed by atoms with Crippen molar-refractivity contribution in [3.05, 3.63) is 207 Å². The van der Waals surface area contributed by atoms with E-state index in [1.165, 1.54) is 116 Å². The lowest BCUT2D eigenvalue weighted by Crippen LogP contribution is -2.30. The molecule has 0 spiro atoms. The number of esters is 3. The summed E-state index contributed by atoms with van der Waals surface area (Å²) in [5.74, 6) is -1.61. The predicted octanol–water partition coefficient (Wildman–Crippen LogP) is 29.6. The van der Waals surface area contributed by atoms with Gasteiger partial charge in [-0.1, -0.05) is 388 Å². The Hall–Kier alpha value is -5.87. The zero-order valence-electron chi connectivity index (χ0n) is 75.9. The molecule has 0 aliphatic carbocycles.